The maximum atomic E-state index is 6.27. The highest BCUT2D eigenvalue weighted by Crippen LogP contribution is 2.44. The van der Waals surface area contributed by atoms with Crippen LogP contribution in [-0.4, -0.2) is 29.1 Å². The molecular weight excluding hydrogens is 356 g/mol. The number of hydrogen-bond donors (Lipinski definition) is 0. The number of halogens is 1. The van der Waals surface area contributed by atoms with Crippen LogP contribution in [0.5, 0.6) is 11.5 Å². The van der Waals surface area contributed by atoms with Gasteiger partial charge in [0, 0.05) is 19.6 Å². The minimum absolute atomic E-state index is 0.00672. The highest BCUT2D eigenvalue weighted by Gasteiger charge is 2.48. The van der Waals surface area contributed by atoms with E-state index in [0.717, 1.165) is 54.3 Å². The number of nitrogens with zero attached hydrogens (tertiary/aromatic N) is 2. The lowest BCUT2D eigenvalue weighted by Crippen LogP contribution is -2.34. The van der Waals surface area contributed by atoms with Crippen molar-refractivity contribution in [3.8, 4) is 11.5 Å². The van der Waals surface area contributed by atoms with Gasteiger partial charge >= 0.3 is 0 Å². The molecule has 0 amide bonds. The third-order valence-corrected chi connectivity index (χ3v) is 4.92. The normalized spacial score (nSPS) is 18.9. The van der Waals surface area contributed by atoms with Crippen molar-refractivity contribution in [1.29, 1.82) is 0 Å². The van der Waals surface area contributed by atoms with Gasteiger partial charge in [-0.1, -0.05) is 12.1 Å². The second-order valence-electron chi connectivity index (χ2n) is 6.36. The lowest BCUT2D eigenvalue weighted by Gasteiger charge is -2.23. The number of aromatic nitrogens is 1. The summed E-state index contributed by atoms with van der Waals surface area (Å²) < 4.78 is 12.4. The Bertz CT molecular complexity index is 713. The first kappa shape index (κ1) is 15.0. The van der Waals surface area contributed by atoms with Gasteiger partial charge in [0.15, 0.2) is 0 Å². The monoisotopic (exact) mass is 374 g/mol. The van der Waals surface area contributed by atoms with Gasteiger partial charge in [0.1, 0.15) is 21.7 Å². The molecule has 23 heavy (non-hydrogen) atoms. The molecule has 2 aliphatic rings. The van der Waals surface area contributed by atoms with E-state index in [2.05, 4.69) is 37.9 Å². The van der Waals surface area contributed by atoms with E-state index in [1.807, 2.05) is 24.3 Å². The highest BCUT2D eigenvalue weighted by molar-refractivity contribution is 9.10. The zero-order valence-corrected chi connectivity index (χ0v) is 14.7. The molecule has 4 rings (SSSR count). The summed E-state index contributed by atoms with van der Waals surface area (Å²) in [6.07, 6.45) is 2.25. The minimum Gasteiger partial charge on any atom is -0.497 e. The van der Waals surface area contributed by atoms with E-state index < -0.39 is 0 Å². The topological polar surface area (TPSA) is 34.6 Å². The minimum atomic E-state index is -0.00672. The molecule has 1 aromatic carbocycles. The standard InChI is InChI=1S/C18H19BrN2O2/c1-22-14-4-2-13(3-5-14)10-21-11-15-16(6-7-17(19)20-15)23-18(12-21)8-9-18/h2-7H,8-12H2,1H3. The van der Waals surface area contributed by atoms with Crippen LogP contribution in [-0.2, 0) is 13.1 Å². The molecule has 0 atom stereocenters. The number of hydrogen-bond acceptors (Lipinski definition) is 4. The van der Waals surface area contributed by atoms with Crippen LogP contribution in [0.2, 0.25) is 0 Å². The van der Waals surface area contributed by atoms with E-state index in [1.54, 1.807) is 7.11 Å². The van der Waals surface area contributed by atoms with Gasteiger partial charge in [-0.25, -0.2) is 4.98 Å². The number of ether oxygens (including phenoxy) is 2. The smallest absolute Gasteiger partial charge is 0.143 e. The van der Waals surface area contributed by atoms with Gasteiger partial charge in [0.25, 0.3) is 0 Å². The summed E-state index contributed by atoms with van der Waals surface area (Å²) in [5, 5.41) is 0. The largest absolute Gasteiger partial charge is 0.497 e. The van der Waals surface area contributed by atoms with E-state index in [-0.39, 0.29) is 5.60 Å². The van der Waals surface area contributed by atoms with Crippen LogP contribution in [0.3, 0.4) is 0 Å². The molecule has 4 nitrogen and oxygen atoms in total. The summed E-state index contributed by atoms with van der Waals surface area (Å²) in [6.45, 7) is 2.65. The van der Waals surface area contributed by atoms with E-state index in [4.69, 9.17) is 9.47 Å². The summed E-state index contributed by atoms with van der Waals surface area (Å²) in [5.74, 6) is 1.82. The maximum absolute atomic E-state index is 6.27. The fourth-order valence-electron chi connectivity index (χ4n) is 3.11. The molecule has 1 spiro atoms. The Labute approximate surface area is 144 Å². The zero-order chi connectivity index (χ0) is 15.9. The lowest BCUT2D eigenvalue weighted by molar-refractivity contribution is 0.123. The Morgan fingerprint density at radius 1 is 1.22 bits per heavy atom. The van der Waals surface area contributed by atoms with Crippen LogP contribution < -0.4 is 9.47 Å². The van der Waals surface area contributed by atoms with E-state index in [0.29, 0.717) is 0 Å². The van der Waals surface area contributed by atoms with Crippen LogP contribution in [0.25, 0.3) is 0 Å². The second kappa shape index (κ2) is 5.80. The molecule has 2 heterocycles. The Kier molecular flexibility index (Phi) is 3.77. The van der Waals surface area contributed by atoms with Gasteiger partial charge in [0.05, 0.1) is 12.8 Å². The zero-order valence-electron chi connectivity index (χ0n) is 13.1. The van der Waals surface area contributed by atoms with Gasteiger partial charge in [-0.3, -0.25) is 4.90 Å². The van der Waals surface area contributed by atoms with Crippen LogP contribution in [0.1, 0.15) is 24.1 Å². The summed E-state index contributed by atoms with van der Waals surface area (Å²) in [7, 11) is 1.69. The molecule has 0 bridgehead atoms. The quantitative estimate of drug-likeness (QED) is 0.765. The Morgan fingerprint density at radius 2 is 2.00 bits per heavy atom. The first-order valence-corrected chi connectivity index (χ1v) is 8.65. The van der Waals surface area contributed by atoms with Crippen molar-refractivity contribution in [3.05, 3.63) is 52.3 Å². The molecule has 5 heteroatoms. The van der Waals surface area contributed by atoms with Crippen molar-refractivity contribution in [2.45, 2.75) is 31.5 Å². The van der Waals surface area contributed by atoms with E-state index in [9.17, 15) is 0 Å². The van der Waals surface area contributed by atoms with Gasteiger partial charge in [0.2, 0.25) is 0 Å². The van der Waals surface area contributed by atoms with Crippen molar-refractivity contribution in [3.63, 3.8) is 0 Å². The summed E-state index contributed by atoms with van der Waals surface area (Å²) in [6, 6.07) is 12.3. The van der Waals surface area contributed by atoms with Crippen LogP contribution in [0.4, 0.5) is 0 Å². The number of fused-ring (bicyclic) bond motifs is 1. The molecule has 0 N–H and O–H groups in total. The Morgan fingerprint density at radius 3 is 2.70 bits per heavy atom. The third-order valence-electron chi connectivity index (χ3n) is 4.48. The number of pyridine rings is 1. The molecule has 2 aromatic rings. The fourth-order valence-corrected chi connectivity index (χ4v) is 3.46. The summed E-state index contributed by atoms with van der Waals surface area (Å²) in [5.41, 5.74) is 2.28. The van der Waals surface area contributed by atoms with Crippen LogP contribution >= 0.6 is 15.9 Å². The predicted octanol–water partition coefficient (Wildman–Crippen LogP) is 3.78. The van der Waals surface area contributed by atoms with Crippen molar-refractivity contribution in [1.82, 2.24) is 9.88 Å². The van der Waals surface area contributed by atoms with E-state index >= 15 is 0 Å². The lowest BCUT2D eigenvalue weighted by atomic mass is 10.2. The average Bonchev–Trinajstić information content (AvgIpc) is 3.32. The SMILES string of the molecule is COc1ccc(CN2Cc3nc(Br)ccc3OC3(CC3)C2)cc1. The molecule has 0 radical (unpaired) electrons. The van der Waals surface area contributed by atoms with Gasteiger partial charge in [-0.15, -0.1) is 0 Å². The van der Waals surface area contributed by atoms with Crippen LogP contribution in [0, 0.1) is 0 Å². The van der Waals surface area contributed by atoms with E-state index in [1.165, 1.54) is 5.56 Å². The van der Waals surface area contributed by atoms with Crippen molar-refractivity contribution in [2.24, 2.45) is 0 Å². The predicted molar refractivity (Wildman–Crippen MR) is 91.6 cm³/mol. The summed E-state index contributed by atoms with van der Waals surface area (Å²) >= 11 is 3.46. The molecule has 1 aliphatic heterocycles. The first-order chi connectivity index (χ1) is 11.2. The Balaban J connectivity index is 1.58. The van der Waals surface area contributed by atoms with Crippen LogP contribution in [0.15, 0.2) is 41.0 Å². The highest BCUT2D eigenvalue weighted by atomic mass is 79.9. The van der Waals surface area contributed by atoms with Crippen molar-refractivity contribution < 1.29 is 9.47 Å². The van der Waals surface area contributed by atoms with Gasteiger partial charge in [-0.05, 0) is 58.6 Å². The second-order valence-corrected chi connectivity index (χ2v) is 7.17. The molecule has 0 unspecified atom stereocenters. The molecule has 1 saturated carbocycles. The molecule has 1 aliphatic carbocycles. The first-order valence-electron chi connectivity index (χ1n) is 7.86. The van der Waals surface area contributed by atoms with Gasteiger partial charge < -0.3 is 9.47 Å². The molecule has 120 valence electrons. The Hall–Kier alpha value is -1.59. The molecule has 0 saturated heterocycles. The molecular formula is C18H19BrN2O2. The maximum Gasteiger partial charge on any atom is 0.143 e. The summed E-state index contributed by atoms with van der Waals surface area (Å²) in [4.78, 5) is 7.05. The third kappa shape index (κ3) is 3.21. The fraction of sp³-hybridized carbons (Fsp3) is 0.389. The average molecular weight is 375 g/mol. The molecule has 1 aromatic heterocycles. The number of benzene rings is 1. The number of methoxy groups -OCH3 is 1. The molecule has 1 fully saturated rings. The van der Waals surface area contributed by atoms with Gasteiger partial charge in [-0.2, -0.15) is 0 Å². The van der Waals surface area contributed by atoms with Crippen molar-refractivity contribution in [2.75, 3.05) is 13.7 Å². The van der Waals surface area contributed by atoms with Crippen molar-refractivity contribution >= 4 is 15.9 Å². The number of rotatable bonds is 3.